The smallest absolute Gasteiger partial charge is 0.338 e. The van der Waals surface area contributed by atoms with Crippen molar-refractivity contribution < 1.29 is 19.1 Å². The molecule has 0 aromatic heterocycles. The Balaban J connectivity index is 1.96. The number of para-hydroxylation sites is 2. The van der Waals surface area contributed by atoms with Crippen molar-refractivity contribution in [2.45, 2.75) is 13.5 Å². The van der Waals surface area contributed by atoms with Gasteiger partial charge in [-0.25, -0.2) is 4.79 Å². The Morgan fingerprint density at radius 1 is 1.14 bits per heavy atom. The molecule has 144 valence electrons. The Morgan fingerprint density at radius 2 is 1.86 bits per heavy atom. The second-order valence-electron chi connectivity index (χ2n) is 5.62. The zero-order valence-electron chi connectivity index (χ0n) is 15.7. The van der Waals surface area contributed by atoms with Gasteiger partial charge in [0.2, 0.25) is 0 Å². The molecule has 0 bridgehead atoms. The van der Waals surface area contributed by atoms with Crippen LogP contribution in [0.2, 0.25) is 0 Å². The van der Waals surface area contributed by atoms with Crippen molar-refractivity contribution in [2.24, 2.45) is 0 Å². The molecule has 2 N–H and O–H groups in total. The molecule has 0 heterocycles. The highest BCUT2D eigenvalue weighted by Gasteiger charge is 2.12. The van der Waals surface area contributed by atoms with Crippen LogP contribution < -0.4 is 15.4 Å². The summed E-state index contributed by atoms with van der Waals surface area (Å²) >= 11 is 0. The van der Waals surface area contributed by atoms with Crippen LogP contribution in [-0.4, -0.2) is 25.6 Å². The molecular weight excluding hydrogens is 358 g/mol. The van der Waals surface area contributed by atoms with E-state index in [1.54, 1.807) is 55.5 Å². The minimum absolute atomic E-state index is 0.0750. The highest BCUT2D eigenvalue weighted by atomic mass is 16.5. The average Bonchev–Trinajstić information content (AvgIpc) is 2.72. The van der Waals surface area contributed by atoms with E-state index in [9.17, 15) is 14.9 Å². The van der Waals surface area contributed by atoms with Gasteiger partial charge < -0.3 is 20.1 Å². The number of carbonyl (C=O) groups is 2. The lowest BCUT2D eigenvalue weighted by Crippen LogP contribution is -2.17. The molecule has 0 aliphatic rings. The van der Waals surface area contributed by atoms with Crippen LogP contribution in [-0.2, 0) is 16.1 Å². The fraction of sp³-hybridized carbons (Fsp3) is 0.190. The van der Waals surface area contributed by atoms with Crippen molar-refractivity contribution >= 4 is 17.6 Å². The van der Waals surface area contributed by atoms with Gasteiger partial charge in [0.15, 0.2) is 0 Å². The molecule has 1 amide bonds. The van der Waals surface area contributed by atoms with E-state index in [4.69, 9.17) is 9.47 Å². The van der Waals surface area contributed by atoms with E-state index in [0.717, 1.165) is 5.56 Å². The fourth-order valence-electron chi connectivity index (χ4n) is 2.33. The number of carbonyl (C=O) groups excluding carboxylic acids is 2. The largest absolute Gasteiger partial charge is 0.495 e. The highest BCUT2D eigenvalue weighted by Crippen LogP contribution is 2.23. The van der Waals surface area contributed by atoms with Gasteiger partial charge in [-0.2, -0.15) is 5.26 Å². The zero-order chi connectivity index (χ0) is 20.4. The predicted octanol–water partition coefficient (Wildman–Crippen LogP) is 3.01. The number of esters is 1. The van der Waals surface area contributed by atoms with Crippen molar-refractivity contribution in [1.82, 2.24) is 5.32 Å². The predicted molar refractivity (Wildman–Crippen MR) is 105 cm³/mol. The van der Waals surface area contributed by atoms with Gasteiger partial charge in [0.05, 0.1) is 25.0 Å². The van der Waals surface area contributed by atoms with E-state index in [1.807, 2.05) is 6.07 Å². The fourth-order valence-corrected chi connectivity index (χ4v) is 2.33. The third-order valence-corrected chi connectivity index (χ3v) is 3.74. The summed E-state index contributed by atoms with van der Waals surface area (Å²) < 4.78 is 10.1. The topological polar surface area (TPSA) is 100 Å². The van der Waals surface area contributed by atoms with Gasteiger partial charge in [-0.05, 0) is 36.8 Å². The molecular formula is C21H21N3O4. The van der Waals surface area contributed by atoms with Crippen LogP contribution >= 0.6 is 0 Å². The Morgan fingerprint density at radius 3 is 2.50 bits per heavy atom. The van der Waals surface area contributed by atoms with E-state index in [0.29, 0.717) is 30.2 Å². The first kappa shape index (κ1) is 20.5. The monoisotopic (exact) mass is 379 g/mol. The second-order valence-corrected chi connectivity index (χ2v) is 5.62. The number of methoxy groups -OCH3 is 1. The Bertz CT molecular complexity index is 899. The average molecular weight is 379 g/mol. The molecule has 0 saturated heterocycles. The molecule has 7 nitrogen and oxygen atoms in total. The molecule has 0 radical (unpaired) electrons. The standard InChI is InChI=1S/C21H21N3O4/c1-3-28-21(26)16-10-8-15(9-11-16)13-23-14-17(12-22)20(25)24-18-6-4-5-7-19(18)27-2/h4-11,14,23H,3,13H2,1-2H3,(H,24,25)/b17-14-. The van der Waals surface area contributed by atoms with Crippen LogP contribution in [0.3, 0.4) is 0 Å². The maximum absolute atomic E-state index is 12.3. The molecule has 2 rings (SSSR count). The number of nitrogens with one attached hydrogen (secondary N) is 2. The maximum Gasteiger partial charge on any atom is 0.338 e. The Hall–Kier alpha value is -3.79. The number of nitriles is 1. The summed E-state index contributed by atoms with van der Waals surface area (Å²) in [6.45, 7) is 2.45. The van der Waals surface area contributed by atoms with E-state index < -0.39 is 5.91 Å². The van der Waals surface area contributed by atoms with Crippen molar-refractivity contribution in [2.75, 3.05) is 19.0 Å². The Labute approximate surface area is 163 Å². The summed E-state index contributed by atoms with van der Waals surface area (Å²) in [7, 11) is 1.50. The number of rotatable bonds is 8. The lowest BCUT2D eigenvalue weighted by atomic mass is 10.1. The number of hydrogen-bond acceptors (Lipinski definition) is 6. The van der Waals surface area contributed by atoms with E-state index in [-0.39, 0.29) is 11.5 Å². The summed E-state index contributed by atoms with van der Waals surface area (Å²) in [5.41, 5.74) is 1.75. The van der Waals surface area contributed by atoms with Gasteiger partial charge in [-0.15, -0.1) is 0 Å². The molecule has 0 aliphatic carbocycles. The number of anilines is 1. The van der Waals surface area contributed by atoms with Crippen molar-refractivity contribution in [3.05, 3.63) is 71.4 Å². The van der Waals surface area contributed by atoms with E-state index in [1.165, 1.54) is 13.3 Å². The molecule has 0 saturated carbocycles. The normalized spacial score (nSPS) is 10.5. The van der Waals surface area contributed by atoms with E-state index >= 15 is 0 Å². The summed E-state index contributed by atoms with van der Waals surface area (Å²) in [6, 6.07) is 15.7. The van der Waals surface area contributed by atoms with Gasteiger partial charge in [0, 0.05) is 12.7 Å². The van der Waals surface area contributed by atoms with E-state index in [2.05, 4.69) is 10.6 Å². The second kappa shape index (κ2) is 10.4. The molecule has 2 aromatic carbocycles. The molecule has 0 atom stereocenters. The lowest BCUT2D eigenvalue weighted by Gasteiger charge is -2.09. The third-order valence-electron chi connectivity index (χ3n) is 3.74. The first-order chi connectivity index (χ1) is 13.6. The molecule has 2 aromatic rings. The Kier molecular flexibility index (Phi) is 7.61. The molecule has 0 spiro atoms. The van der Waals surface area contributed by atoms with Crippen molar-refractivity contribution in [3.8, 4) is 11.8 Å². The summed E-state index contributed by atoms with van der Waals surface area (Å²) in [6.07, 6.45) is 1.35. The lowest BCUT2D eigenvalue weighted by molar-refractivity contribution is -0.112. The minimum Gasteiger partial charge on any atom is -0.495 e. The quantitative estimate of drug-likeness (QED) is 0.415. The first-order valence-electron chi connectivity index (χ1n) is 8.63. The third kappa shape index (κ3) is 5.61. The van der Waals surface area contributed by atoms with Gasteiger partial charge >= 0.3 is 5.97 Å². The van der Waals surface area contributed by atoms with Gasteiger partial charge in [-0.3, -0.25) is 4.79 Å². The molecule has 0 unspecified atom stereocenters. The van der Waals surface area contributed by atoms with Gasteiger partial charge in [-0.1, -0.05) is 24.3 Å². The van der Waals surface area contributed by atoms with Crippen LogP contribution in [0, 0.1) is 11.3 Å². The number of benzene rings is 2. The first-order valence-corrected chi connectivity index (χ1v) is 8.63. The summed E-state index contributed by atoms with van der Waals surface area (Å²) in [5.74, 6) is -0.415. The molecule has 7 heteroatoms. The minimum atomic E-state index is -0.544. The highest BCUT2D eigenvalue weighted by molar-refractivity contribution is 6.07. The van der Waals surface area contributed by atoms with Crippen molar-refractivity contribution in [1.29, 1.82) is 5.26 Å². The van der Waals surface area contributed by atoms with Gasteiger partial charge in [0.25, 0.3) is 5.91 Å². The van der Waals surface area contributed by atoms with Crippen molar-refractivity contribution in [3.63, 3.8) is 0 Å². The van der Waals surface area contributed by atoms with Crippen LogP contribution in [0.4, 0.5) is 5.69 Å². The summed E-state index contributed by atoms with van der Waals surface area (Å²) in [4.78, 5) is 23.9. The summed E-state index contributed by atoms with van der Waals surface area (Å²) in [5, 5.41) is 14.8. The van der Waals surface area contributed by atoms with Crippen LogP contribution in [0.25, 0.3) is 0 Å². The zero-order valence-corrected chi connectivity index (χ0v) is 15.7. The van der Waals surface area contributed by atoms with Crippen LogP contribution in [0.5, 0.6) is 5.75 Å². The molecule has 28 heavy (non-hydrogen) atoms. The number of hydrogen-bond donors (Lipinski definition) is 2. The molecule has 0 aliphatic heterocycles. The number of amides is 1. The maximum atomic E-state index is 12.3. The number of ether oxygens (including phenoxy) is 2. The number of nitrogens with zero attached hydrogens (tertiary/aromatic N) is 1. The SMILES string of the molecule is CCOC(=O)c1ccc(CN/C=C(/C#N)C(=O)Nc2ccccc2OC)cc1. The molecule has 0 fully saturated rings. The van der Waals surface area contributed by atoms with Crippen LogP contribution in [0.15, 0.2) is 60.3 Å². The van der Waals surface area contributed by atoms with Crippen LogP contribution in [0.1, 0.15) is 22.8 Å². The van der Waals surface area contributed by atoms with Gasteiger partial charge in [0.1, 0.15) is 17.4 Å².